The Morgan fingerprint density at radius 2 is 2.18 bits per heavy atom. The maximum absolute atomic E-state index is 4.45. The second kappa shape index (κ2) is 2.05. The average molecular weight is 152 g/mol. The van der Waals surface area contributed by atoms with E-state index in [2.05, 4.69) is 38.8 Å². The molecule has 0 aliphatic carbocycles. The number of hydrogen-bond acceptors (Lipinski definition) is 4. The summed E-state index contributed by atoms with van der Waals surface area (Å²) in [6.45, 7) is 4.10. The van der Waals surface area contributed by atoms with Crippen LogP contribution >= 0.6 is 0 Å². The zero-order valence-electron chi connectivity index (χ0n) is 6.33. The maximum Gasteiger partial charge on any atom is 0.243 e. The van der Waals surface area contributed by atoms with Gasteiger partial charge in [0.15, 0.2) is 0 Å². The van der Waals surface area contributed by atoms with Crippen molar-refractivity contribution in [1.82, 2.24) is 20.3 Å². The fourth-order valence-electron chi connectivity index (χ4n) is 0.873. The molecule has 2 heterocycles. The van der Waals surface area contributed by atoms with Gasteiger partial charge in [0.25, 0.3) is 0 Å². The standard InChI is InChI=1S/C6H8N4O/c1-3(2)4-7-5-6(8-4)10-11-9-5/h3H,1-2H3,(H,7,8,9,10). The van der Waals surface area contributed by atoms with Crippen LogP contribution in [0.1, 0.15) is 25.6 Å². The topological polar surface area (TPSA) is 67.6 Å². The number of hydrogen-bond donors (Lipinski definition) is 1. The van der Waals surface area contributed by atoms with Gasteiger partial charge in [0.1, 0.15) is 5.82 Å². The number of nitrogens with one attached hydrogen (secondary N) is 1. The molecule has 11 heavy (non-hydrogen) atoms. The predicted molar refractivity (Wildman–Crippen MR) is 38.0 cm³/mol. The Kier molecular flexibility index (Phi) is 1.18. The number of nitrogens with zero attached hydrogens (tertiary/aromatic N) is 3. The van der Waals surface area contributed by atoms with E-state index in [1.165, 1.54) is 0 Å². The van der Waals surface area contributed by atoms with Gasteiger partial charge in [-0.05, 0) is 10.3 Å². The van der Waals surface area contributed by atoms with Gasteiger partial charge in [0.2, 0.25) is 11.3 Å². The van der Waals surface area contributed by atoms with E-state index in [0.717, 1.165) is 5.82 Å². The summed E-state index contributed by atoms with van der Waals surface area (Å²) >= 11 is 0. The Morgan fingerprint density at radius 1 is 1.36 bits per heavy atom. The molecular weight excluding hydrogens is 144 g/mol. The lowest BCUT2D eigenvalue weighted by Crippen LogP contribution is -1.89. The lowest BCUT2D eigenvalue weighted by atomic mass is 10.2. The van der Waals surface area contributed by atoms with E-state index in [1.54, 1.807) is 0 Å². The number of H-pyrrole nitrogens is 1. The molecule has 1 N–H and O–H groups in total. The Hall–Kier alpha value is -1.39. The quantitative estimate of drug-likeness (QED) is 0.663. The summed E-state index contributed by atoms with van der Waals surface area (Å²) < 4.78 is 4.45. The van der Waals surface area contributed by atoms with Gasteiger partial charge in [0, 0.05) is 5.92 Å². The second-order valence-electron chi connectivity index (χ2n) is 2.71. The molecule has 0 unspecified atom stereocenters. The molecule has 0 atom stereocenters. The SMILES string of the molecule is CC(C)c1nc2nonc2[nH]1. The van der Waals surface area contributed by atoms with Crippen LogP contribution in [0.3, 0.4) is 0 Å². The summed E-state index contributed by atoms with van der Waals surface area (Å²) in [6, 6.07) is 0. The van der Waals surface area contributed by atoms with Gasteiger partial charge in [-0.2, -0.15) is 0 Å². The predicted octanol–water partition coefficient (Wildman–Crippen LogP) is 1.07. The zero-order chi connectivity index (χ0) is 7.84. The number of fused-ring (bicyclic) bond motifs is 1. The lowest BCUT2D eigenvalue weighted by Gasteiger charge is -1.95. The van der Waals surface area contributed by atoms with E-state index in [1.807, 2.05) is 0 Å². The fourth-order valence-corrected chi connectivity index (χ4v) is 0.873. The molecule has 0 spiro atoms. The van der Waals surface area contributed by atoms with Gasteiger partial charge >= 0.3 is 0 Å². The first-order valence-corrected chi connectivity index (χ1v) is 3.45. The minimum absolute atomic E-state index is 0.367. The molecular formula is C6H8N4O. The number of aromatic amines is 1. The largest absolute Gasteiger partial charge is 0.322 e. The summed E-state index contributed by atoms with van der Waals surface area (Å²) in [4.78, 5) is 7.15. The summed E-state index contributed by atoms with van der Waals surface area (Å²) in [6.07, 6.45) is 0. The molecule has 2 aromatic heterocycles. The van der Waals surface area contributed by atoms with Crippen molar-refractivity contribution in [3.05, 3.63) is 5.82 Å². The first-order valence-electron chi connectivity index (χ1n) is 3.45. The van der Waals surface area contributed by atoms with E-state index in [4.69, 9.17) is 0 Å². The monoisotopic (exact) mass is 152 g/mol. The molecule has 58 valence electrons. The molecule has 0 radical (unpaired) electrons. The molecule has 0 aromatic carbocycles. The van der Waals surface area contributed by atoms with Crippen LogP contribution in [0.25, 0.3) is 11.3 Å². The van der Waals surface area contributed by atoms with Gasteiger partial charge in [-0.3, -0.25) is 0 Å². The van der Waals surface area contributed by atoms with E-state index in [0.29, 0.717) is 17.2 Å². The van der Waals surface area contributed by atoms with Crippen molar-refractivity contribution in [1.29, 1.82) is 0 Å². The van der Waals surface area contributed by atoms with Crippen molar-refractivity contribution in [2.75, 3.05) is 0 Å². The van der Waals surface area contributed by atoms with E-state index < -0.39 is 0 Å². The summed E-state index contributed by atoms with van der Waals surface area (Å²) in [5, 5.41) is 7.21. The van der Waals surface area contributed by atoms with Gasteiger partial charge < -0.3 is 4.98 Å². The van der Waals surface area contributed by atoms with E-state index in [-0.39, 0.29) is 0 Å². The number of rotatable bonds is 1. The smallest absolute Gasteiger partial charge is 0.243 e. The van der Waals surface area contributed by atoms with Crippen molar-refractivity contribution in [2.45, 2.75) is 19.8 Å². The van der Waals surface area contributed by atoms with Crippen molar-refractivity contribution < 1.29 is 4.63 Å². The molecule has 2 aromatic rings. The second-order valence-corrected chi connectivity index (χ2v) is 2.71. The molecule has 0 bridgehead atoms. The van der Waals surface area contributed by atoms with Crippen molar-refractivity contribution in [3.63, 3.8) is 0 Å². The normalized spacial score (nSPS) is 11.5. The number of imidazole rings is 1. The van der Waals surface area contributed by atoms with Gasteiger partial charge in [-0.1, -0.05) is 13.8 Å². The molecule has 2 rings (SSSR count). The summed E-state index contributed by atoms with van der Waals surface area (Å²) in [5.41, 5.74) is 1.17. The molecule has 0 saturated heterocycles. The van der Waals surface area contributed by atoms with Crippen LogP contribution in [0, 0.1) is 0 Å². The van der Waals surface area contributed by atoms with Crippen LogP contribution < -0.4 is 0 Å². The first-order chi connectivity index (χ1) is 5.27. The Balaban J connectivity index is 2.58. The fraction of sp³-hybridized carbons (Fsp3) is 0.500. The third-order valence-electron chi connectivity index (χ3n) is 1.49. The van der Waals surface area contributed by atoms with Crippen molar-refractivity contribution in [2.24, 2.45) is 0 Å². The maximum atomic E-state index is 4.45. The Bertz CT molecular complexity index is 333. The average Bonchev–Trinajstić information content (AvgIpc) is 2.40. The van der Waals surface area contributed by atoms with Crippen molar-refractivity contribution >= 4 is 11.3 Å². The van der Waals surface area contributed by atoms with Gasteiger partial charge in [-0.25, -0.2) is 9.61 Å². The highest BCUT2D eigenvalue weighted by atomic mass is 16.6. The highest BCUT2D eigenvalue weighted by Gasteiger charge is 2.09. The molecule has 5 heteroatoms. The highest BCUT2D eigenvalue weighted by molar-refractivity contribution is 5.63. The Labute approximate surface area is 62.8 Å². The minimum atomic E-state index is 0.367. The molecule has 0 fully saturated rings. The lowest BCUT2D eigenvalue weighted by molar-refractivity contribution is 0.313. The summed E-state index contributed by atoms with van der Waals surface area (Å²) in [5.74, 6) is 1.26. The molecule has 0 amide bonds. The van der Waals surface area contributed by atoms with E-state index >= 15 is 0 Å². The van der Waals surface area contributed by atoms with Crippen LogP contribution in [0.15, 0.2) is 4.63 Å². The third-order valence-corrected chi connectivity index (χ3v) is 1.49. The van der Waals surface area contributed by atoms with Crippen LogP contribution in [0.4, 0.5) is 0 Å². The Morgan fingerprint density at radius 3 is 2.82 bits per heavy atom. The molecule has 5 nitrogen and oxygen atoms in total. The summed E-state index contributed by atoms with van der Waals surface area (Å²) in [7, 11) is 0. The van der Waals surface area contributed by atoms with Gasteiger partial charge in [-0.15, -0.1) is 0 Å². The minimum Gasteiger partial charge on any atom is -0.322 e. The zero-order valence-corrected chi connectivity index (χ0v) is 6.33. The van der Waals surface area contributed by atoms with Crippen molar-refractivity contribution in [3.8, 4) is 0 Å². The highest BCUT2D eigenvalue weighted by Crippen LogP contribution is 2.12. The third kappa shape index (κ3) is 0.886. The van der Waals surface area contributed by atoms with Crippen LogP contribution in [0.5, 0.6) is 0 Å². The first kappa shape index (κ1) is 6.33. The molecule has 0 aliphatic rings. The van der Waals surface area contributed by atoms with Crippen LogP contribution in [-0.2, 0) is 0 Å². The number of aromatic nitrogens is 4. The van der Waals surface area contributed by atoms with Gasteiger partial charge in [0.05, 0.1) is 0 Å². The molecule has 0 aliphatic heterocycles. The van der Waals surface area contributed by atoms with E-state index in [9.17, 15) is 0 Å². The molecule has 0 saturated carbocycles. The van der Waals surface area contributed by atoms with Crippen LogP contribution in [0.2, 0.25) is 0 Å². The van der Waals surface area contributed by atoms with Crippen LogP contribution in [-0.4, -0.2) is 20.3 Å².